The van der Waals surface area contributed by atoms with E-state index in [4.69, 9.17) is 9.97 Å². The van der Waals surface area contributed by atoms with Crippen molar-refractivity contribution in [2.75, 3.05) is 0 Å². The van der Waals surface area contributed by atoms with Crippen LogP contribution in [0.5, 0.6) is 0 Å². The zero-order valence-corrected chi connectivity index (χ0v) is 22.2. The topological polar surface area (TPSA) is 30.7 Å². The minimum atomic E-state index is 0.850. The number of nitrogens with zero attached hydrogens (tertiary/aromatic N) is 3. The van der Waals surface area contributed by atoms with E-state index in [9.17, 15) is 0 Å². The van der Waals surface area contributed by atoms with E-state index in [1.807, 2.05) is 23.5 Å². The molecular formula is C36H21N3S. The van der Waals surface area contributed by atoms with Crippen LogP contribution in [0.3, 0.4) is 0 Å². The van der Waals surface area contributed by atoms with Crippen molar-refractivity contribution >= 4 is 75.1 Å². The molecule has 3 aromatic heterocycles. The van der Waals surface area contributed by atoms with Crippen molar-refractivity contribution in [1.82, 2.24) is 14.5 Å². The first-order chi connectivity index (χ1) is 19.8. The van der Waals surface area contributed by atoms with Gasteiger partial charge in [0.25, 0.3) is 0 Å². The number of hydrogen-bond donors (Lipinski definition) is 0. The summed E-state index contributed by atoms with van der Waals surface area (Å²) in [6.07, 6.45) is 0. The molecule has 3 nitrogen and oxygen atoms in total. The van der Waals surface area contributed by atoms with Gasteiger partial charge in [0.15, 0.2) is 5.82 Å². The van der Waals surface area contributed by atoms with Crippen LogP contribution in [0.25, 0.3) is 80.9 Å². The van der Waals surface area contributed by atoms with Gasteiger partial charge in [0.1, 0.15) is 5.69 Å². The Hall–Kier alpha value is -5.06. The van der Waals surface area contributed by atoms with Crippen LogP contribution in [0.1, 0.15) is 0 Å². The van der Waals surface area contributed by atoms with Gasteiger partial charge < -0.3 is 0 Å². The summed E-state index contributed by atoms with van der Waals surface area (Å²) in [5, 5.41) is 7.36. The standard InChI is InChI=1S/C36H21N3S/c1-2-11-23-21-31-27(20-22(23)10-1)24-12-3-7-17-30(24)39(31)36-35(37-28-15-5-6-16-29(28)38-36)26-14-9-19-33-34(26)25-13-4-8-18-32(25)40-33/h1-21H. The quantitative estimate of drug-likeness (QED) is 0.224. The van der Waals surface area contributed by atoms with Gasteiger partial charge in [-0.2, -0.15) is 0 Å². The van der Waals surface area contributed by atoms with Gasteiger partial charge >= 0.3 is 0 Å². The zero-order valence-electron chi connectivity index (χ0n) is 21.4. The maximum atomic E-state index is 5.35. The van der Waals surface area contributed by atoms with Gasteiger partial charge in [-0.25, -0.2) is 9.97 Å². The van der Waals surface area contributed by atoms with Crippen LogP contribution in [0, 0.1) is 0 Å². The second kappa shape index (κ2) is 8.22. The van der Waals surface area contributed by atoms with E-state index < -0.39 is 0 Å². The lowest BCUT2D eigenvalue weighted by atomic mass is 10.0. The Morgan fingerprint density at radius 2 is 1.18 bits per heavy atom. The molecule has 0 spiro atoms. The summed E-state index contributed by atoms with van der Waals surface area (Å²) < 4.78 is 4.86. The lowest BCUT2D eigenvalue weighted by molar-refractivity contribution is 1.08. The predicted octanol–water partition coefficient (Wildman–Crippen LogP) is 9.91. The normalized spacial score (nSPS) is 12.0. The first-order valence-electron chi connectivity index (χ1n) is 13.4. The van der Waals surface area contributed by atoms with E-state index in [-0.39, 0.29) is 0 Å². The van der Waals surface area contributed by atoms with Gasteiger partial charge in [-0.3, -0.25) is 4.57 Å². The molecule has 186 valence electrons. The molecule has 0 fully saturated rings. The molecule has 9 rings (SSSR count). The molecule has 0 saturated carbocycles. The zero-order chi connectivity index (χ0) is 26.2. The van der Waals surface area contributed by atoms with E-state index in [2.05, 4.69) is 120 Å². The highest BCUT2D eigenvalue weighted by atomic mass is 32.1. The predicted molar refractivity (Wildman–Crippen MR) is 170 cm³/mol. The Kier molecular flexibility index (Phi) is 4.48. The average Bonchev–Trinajstić information content (AvgIpc) is 3.55. The second-order valence-corrected chi connectivity index (χ2v) is 11.3. The Bertz CT molecular complexity index is 2450. The minimum absolute atomic E-state index is 0.850. The van der Waals surface area contributed by atoms with Crippen molar-refractivity contribution in [2.24, 2.45) is 0 Å². The molecule has 0 N–H and O–H groups in total. The highest BCUT2D eigenvalue weighted by Gasteiger charge is 2.21. The van der Waals surface area contributed by atoms with E-state index in [0.717, 1.165) is 39.1 Å². The van der Waals surface area contributed by atoms with Crippen LogP contribution in [-0.2, 0) is 0 Å². The van der Waals surface area contributed by atoms with Gasteiger partial charge in [0, 0.05) is 36.5 Å². The second-order valence-electron chi connectivity index (χ2n) is 10.2. The van der Waals surface area contributed by atoms with Crippen LogP contribution in [0.15, 0.2) is 127 Å². The highest BCUT2D eigenvalue weighted by molar-refractivity contribution is 7.25. The Labute approximate surface area is 233 Å². The van der Waals surface area contributed by atoms with Crippen molar-refractivity contribution in [3.05, 3.63) is 127 Å². The van der Waals surface area contributed by atoms with Gasteiger partial charge in [-0.15, -0.1) is 11.3 Å². The molecule has 0 amide bonds. The smallest absolute Gasteiger partial charge is 0.165 e. The third kappa shape index (κ3) is 3.05. The Balaban J connectivity index is 1.48. The van der Waals surface area contributed by atoms with Crippen molar-refractivity contribution in [2.45, 2.75) is 0 Å². The first-order valence-corrected chi connectivity index (χ1v) is 14.2. The Morgan fingerprint density at radius 3 is 2.05 bits per heavy atom. The van der Waals surface area contributed by atoms with E-state index in [1.165, 1.54) is 41.7 Å². The van der Waals surface area contributed by atoms with E-state index >= 15 is 0 Å². The first kappa shape index (κ1) is 21.8. The molecular weight excluding hydrogens is 506 g/mol. The summed E-state index contributed by atoms with van der Waals surface area (Å²) in [5.74, 6) is 0.850. The molecule has 0 radical (unpaired) electrons. The monoisotopic (exact) mass is 527 g/mol. The molecule has 0 atom stereocenters. The fraction of sp³-hybridized carbons (Fsp3) is 0. The molecule has 0 aliphatic heterocycles. The molecule has 4 heteroatoms. The summed E-state index contributed by atoms with van der Waals surface area (Å²) in [5.41, 5.74) is 6.03. The molecule has 9 aromatic rings. The molecule has 40 heavy (non-hydrogen) atoms. The van der Waals surface area contributed by atoms with Crippen LogP contribution < -0.4 is 0 Å². The largest absolute Gasteiger partial charge is 0.292 e. The van der Waals surface area contributed by atoms with E-state index in [1.54, 1.807) is 0 Å². The summed E-state index contributed by atoms with van der Waals surface area (Å²) in [6, 6.07) is 45.2. The number of para-hydroxylation sites is 3. The maximum absolute atomic E-state index is 5.35. The van der Waals surface area contributed by atoms with Crippen LogP contribution >= 0.6 is 11.3 Å². The maximum Gasteiger partial charge on any atom is 0.165 e. The third-order valence-corrected chi connectivity index (χ3v) is 9.10. The minimum Gasteiger partial charge on any atom is -0.292 e. The van der Waals surface area contributed by atoms with Crippen molar-refractivity contribution < 1.29 is 0 Å². The fourth-order valence-corrected chi connectivity index (χ4v) is 7.31. The van der Waals surface area contributed by atoms with Gasteiger partial charge in [0.2, 0.25) is 0 Å². The number of benzene rings is 6. The van der Waals surface area contributed by atoms with Crippen LogP contribution in [0.2, 0.25) is 0 Å². The molecule has 3 heterocycles. The summed E-state index contributed by atoms with van der Waals surface area (Å²) in [7, 11) is 0. The molecule has 0 aliphatic carbocycles. The van der Waals surface area contributed by atoms with Gasteiger partial charge in [-0.05, 0) is 53.2 Å². The number of thiophene rings is 1. The van der Waals surface area contributed by atoms with Crippen LogP contribution in [0.4, 0.5) is 0 Å². The third-order valence-electron chi connectivity index (χ3n) is 7.96. The summed E-state index contributed by atoms with van der Waals surface area (Å²) in [4.78, 5) is 10.7. The molecule has 0 bridgehead atoms. The number of hydrogen-bond acceptors (Lipinski definition) is 3. The van der Waals surface area contributed by atoms with E-state index in [0.29, 0.717) is 0 Å². The van der Waals surface area contributed by atoms with Crippen molar-refractivity contribution in [1.29, 1.82) is 0 Å². The molecule has 6 aromatic carbocycles. The van der Waals surface area contributed by atoms with Crippen molar-refractivity contribution in [3.8, 4) is 17.1 Å². The summed E-state index contributed by atoms with van der Waals surface area (Å²) in [6.45, 7) is 0. The fourth-order valence-electron chi connectivity index (χ4n) is 6.18. The molecule has 0 unspecified atom stereocenters. The number of fused-ring (bicyclic) bond motifs is 8. The van der Waals surface area contributed by atoms with Crippen LogP contribution in [-0.4, -0.2) is 14.5 Å². The summed E-state index contributed by atoms with van der Waals surface area (Å²) >= 11 is 1.83. The van der Waals surface area contributed by atoms with Gasteiger partial charge in [-0.1, -0.05) is 84.9 Å². The highest BCUT2D eigenvalue weighted by Crippen LogP contribution is 2.42. The SMILES string of the molecule is c1ccc2cc3c(cc2c1)c1ccccc1n3-c1nc2ccccc2nc1-c1cccc2sc3ccccc3c12. The number of rotatable bonds is 2. The Morgan fingerprint density at radius 1 is 0.500 bits per heavy atom. The van der Waals surface area contributed by atoms with Crippen molar-refractivity contribution in [3.63, 3.8) is 0 Å². The molecule has 0 aliphatic rings. The molecule has 0 saturated heterocycles. The lowest BCUT2D eigenvalue weighted by Gasteiger charge is -2.15. The average molecular weight is 528 g/mol. The van der Waals surface area contributed by atoms with Gasteiger partial charge in [0.05, 0.1) is 22.1 Å². The number of aromatic nitrogens is 3. The lowest BCUT2D eigenvalue weighted by Crippen LogP contribution is -2.04.